The lowest BCUT2D eigenvalue weighted by molar-refractivity contribution is -0.141. The van der Waals surface area contributed by atoms with Crippen molar-refractivity contribution in [2.24, 2.45) is 0 Å². The number of halogens is 2. The van der Waals surface area contributed by atoms with Crippen LogP contribution in [0.5, 0.6) is 0 Å². The van der Waals surface area contributed by atoms with Gasteiger partial charge in [-0.3, -0.25) is 0 Å². The minimum absolute atomic E-state index is 0.0831. The molecule has 0 aliphatic carbocycles. The van der Waals surface area contributed by atoms with Gasteiger partial charge < -0.3 is 20.4 Å². The van der Waals surface area contributed by atoms with Crippen molar-refractivity contribution in [2.45, 2.75) is 18.6 Å². The normalized spacial score (nSPS) is 21.9. The summed E-state index contributed by atoms with van der Waals surface area (Å²) in [6.07, 6.45) is -1.02. The van der Waals surface area contributed by atoms with Crippen LogP contribution in [0.3, 0.4) is 0 Å². The zero-order chi connectivity index (χ0) is 14.9. The summed E-state index contributed by atoms with van der Waals surface area (Å²) in [6.45, 7) is -0.152. The maximum atomic E-state index is 13.0. The van der Waals surface area contributed by atoms with Crippen LogP contribution in [0.2, 0.25) is 0 Å². The van der Waals surface area contributed by atoms with Crippen molar-refractivity contribution in [3.05, 3.63) is 29.8 Å². The first kappa shape index (κ1) is 14.2. The van der Waals surface area contributed by atoms with E-state index in [9.17, 15) is 23.5 Å². The second-order valence-electron chi connectivity index (χ2n) is 4.48. The molecule has 0 saturated carbocycles. The number of urea groups is 1. The van der Waals surface area contributed by atoms with Crippen LogP contribution in [0.4, 0.5) is 19.3 Å². The third-order valence-corrected chi connectivity index (χ3v) is 2.94. The fourth-order valence-corrected chi connectivity index (χ4v) is 2.09. The van der Waals surface area contributed by atoms with Crippen molar-refractivity contribution in [3.63, 3.8) is 0 Å². The Bertz CT molecular complexity index is 532. The van der Waals surface area contributed by atoms with Crippen LogP contribution in [0.25, 0.3) is 0 Å². The number of carbonyl (C=O) groups excluding carboxylic acids is 1. The highest BCUT2D eigenvalue weighted by Gasteiger charge is 2.39. The van der Waals surface area contributed by atoms with Crippen molar-refractivity contribution >= 4 is 17.7 Å². The number of benzene rings is 1. The largest absolute Gasteiger partial charge is 0.480 e. The van der Waals surface area contributed by atoms with Crippen LogP contribution < -0.4 is 5.32 Å². The number of amides is 2. The van der Waals surface area contributed by atoms with Gasteiger partial charge in [0.2, 0.25) is 0 Å². The van der Waals surface area contributed by atoms with E-state index in [-0.39, 0.29) is 18.7 Å². The van der Waals surface area contributed by atoms with E-state index in [1.54, 1.807) is 0 Å². The highest BCUT2D eigenvalue weighted by atomic mass is 19.1. The van der Waals surface area contributed by atoms with Crippen molar-refractivity contribution in [1.29, 1.82) is 0 Å². The minimum atomic E-state index is -1.25. The molecule has 0 spiro atoms. The molecular formula is C12H12F2N2O4. The van der Waals surface area contributed by atoms with E-state index in [0.717, 1.165) is 17.0 Å². The molecule has 2 atom stereocenters. The van der Waals surface area contributed by atoms with Crippen LogP contribution in [-0.2, 0) is 4.79 Å². The molecule has 2 amide bonds. The monoisotopic (exact) mass is 286 g/mol. The van der Waals surface area contributed by atoms with Crippen molar-refractivity contribution in [2.75, 3.05) is 11.9 Å². The smallest absolute Gasteiger partial charge is 0.326 e. The quantitative estimate of drug-likeness (QED) is 0.757. The highest BCUT2D eigenvalue weighted by molar-refractivity contribution is 5.92. The number of hydrogen-bond donors (Lipinski definition) is 3. The highest BCUT2D eigenvalue weighted by Crippen LogP contribution is 2.20. The number of β-amino-alcohol motifs (C(OH)–C–C–N with tert-alkyl or cyclic N) is 1. The number of nitrogens with zero attached hydrogens (tertiary/aromatic N) is 1. The van der Waals surface area contributed by atoms with Crippen LogP contribution >= 0.6 is 0 Å². The predicted octanol–water partition coefficient (Wildman–Crippen LogP) is 1.02. The summed E-state index contributed by atoms with van der Waals surface area (Å²) in [5.74, 6) is -2.98. The van der Waals surface area contributed by atoms with Crippen molar-refractivity contribution in [3.8, 4) is 0 Å². The van der Waals surface area contributed by atoms with Gasteiger partial charge in [0, 0.05) is 24.7 Å². The van der Waals surface area contributed by atoms with E-state index in [0.29, 0.717) is 6.07 Å². The number of hydrogen-bond acceptors (Lipinski definition) is 3. The minimum Gasteiger partial charge on any atom is -0.480 e. The van der Waals surface area contributed by atoms with Crippen LogP contribution in [0.1, 0.15) is 6.42 Å². The lowest BCUT2D eigenvalue weighted by Gasteiger charge is -2.21. The Kier molecular flexibility index (Phi) is 3.84. The molecule has 2 rings (SSSR count). The SMILES string of the molecule is O=C(O)[C@H]1C[C@@H](O)CN1C(=O)Nc1cc(F)cc(F)c1. The molecule has 1 fully saturated rings. The first-order chi connectivity index (χ1) is 9.36. The summed E-state index contributed by atoms with van der Waals surface area (Å²) in [7, 11) is 0. The number of nitrogens with one attached hydrogen (secondary N) is 1. The number of anilines is 1. The van der Waals surface area contributed by atoms with Crippen molar-refractivity contribution in [1.82, 2.24) is 4.90 Å². The maximum Gasteiger partial charge on any atom is 0.326 e. The number of carboxylic acid groups (broad SMARTS) is 1. The van der Waals surface area contributed by atoms with Crippen LogP contribution in [-0.4, -0.2) is 45.8 Å². The Morgan fingerprint density at radius 2 is 1.85 bits per heavy atom. The van der Waals surface area contributed by atoms with Crippen LogP contribution in [0.15, 0.2) is 18.2 Å². The van der Waals surface area contributed by atoms with Gasteiger partial charge in [0.1, 0.15) is 17.7 Å². The number of aliphatic hydroxyl groups excluding tert-OH is 1. The molecule has 1 heterocycles. The molecule has 3 N–H and O–H groups in total. The van der Waals surface area contributed by atoms with Gasteiger partial charge >= 0.3 is 12.0 Å². The Morgan fingerprint density at radius 3 is 2.40 bits per heavy atom. The zero-order valence-electron chi connectivity index (χ0n) is 10.2. The van der Waals surface area contributed by atoms with E-state index >= 15 is 0 Å². The lowest BCUT2D eigenvalue weighted by Crippen LogP contribution is -2.43. The molecule has 0 bridgehead atoms. The fourth-order valence-electron chi connectivity index (χ4n) is 2.09. The van der Waals surface area contributed by atoms with Gasteiger partial charge in [-0.1, -0.05) is 0 Å². The predicted molar refractivity (Wildman–Crippen MR) is 64.1 cm³/mol. The number of aliphatic carboxylic acids is 1. The molecule has 6 nitrogen and oxygen atoms in total. The Morgan fingerprint density at radius 1 is 1.25 bits per heavy atom. The summed E-state index contributed by atoms with van der Waals surface area (Å²) in [5, 5.41) is 20.6. The van der Waals surface area contributed by atoms with Gasteiger partial charge in [-0.25, -0.2) is 18.4 Å². The maximum absolute atomic E-state index is 13.0. The number of carbonyl (C=O) groups is 2. The van der Waals surface area contributed by atoms with Gasteiger partial charge in [-0.05, 0) is 12.1 Å². The number of likely N-dealkylation sites (tertiary alicyclic amines) is 1. The van der Waals surface area contributed by atoms with Crippen LogP contribution in [0, 0.1) is 11.6 Å². The molecule has 0 aromatic heterocycles. The van der Waals surface area contributed by atoms with E-state index in [1.807, 2.05) is 0 Å². The third-order valence-electron chi connectivity index (χ3n) is 2.94. The van der Waals surface area contributed by atoms with Gasteiger partial charge in [0.25, 0.3) is 0 Å². The van der Waals surface area contributed by atoms with Gasteiger partial charge in [0.15, 0.2) is 0 Å². The molecule has 1 saturated heterocycles. The molecule has 1 aliphatic heterocycles. The zero-order valence-corrected chi connectivity index (χ0v) is 10.2. The van der Waals surface area contributed by atoms with Crippen molar-refractivity contribution < 1.29 is 28.6 Å². The Hall–Kier alpha value is -2.22. The molecule has 8 heteroatoms. The summed E-state index contributed by atoms with van der Waals surface area (Å²) >= 11 is 0. The van der Waals surface area contributed by atoms with E-state index < -0.39 is 35.8 Å². The first-order valence-electron chi connectivity index (χ1n) is 5.81. The molecule has 1 aromatic rings. The third kappa shape index (κ3) is 3.02. The number of carboxylic acids is 1. The van der Waals surface area contributed by atoms with E-state index in [4.69, 9.17) is 5.11 Å². The Labute approximate surface area is 112 Å². The lowest BCUT2D eigenvalue weighted by atomic mass is 10.2. The topological polar surface area (TPSA) is 89.9 Å². The summed E-state index contributed by atoms with van der Waals surface area (Å²) < 4.78 is 26.0. The average Bonchev–Trinajstić information content (AvgIpc) is 2.70. The van der Waals surface area contributed by atoms with E-state index in [1.165, 1.54) is 0 Å². The molecule has 0 unspecified atom stereocenters. The number of rotatable bonds is 2. The summed E-state index contributed by atoms with van der Waals surface area (Å²) in [6, 6.07) is 0.462. The molecule has 20 heavy (non-hydrogen) atoms. The standard InChI is InChI=1S/C12H12F2N2O4/c13-6-1-7(14)3-8(2-6)15-12(20)16-5-9(17)4-10(16)11(18)19/h1-3,9-10,17H,4-5H2,(H,15,20)(H,18,19)/t9-,10-/m1/s1. The number of aliphatic hydroxyl groups is 1. The molecule has 1 aliphatic rings. The Balaban J connectivity index is 2.13. The second-order valence-corrected chi connectivity index (χ2v) is 4.48. The summed E-state index contributed by atoms with van der Waals surface area (Å²) in [4.78, 5) is 23.8. The van der Waals surface area contributed by atoms with Gasteiger partial charge in [-0.2, -0.15) is 0 Å². The molecule has 108 valence electrons. The molecular weight excluding hydrogens is 274 g/mol. The van der Waals surface area contributed by atoms with E-state index in [2.05, 4.69) is 5.32 Å². The first-order valence-corrected chi connectivity index (χ1v) is 5.81. The molecule has 1 aromatic carbocycles. The summed E-state index contributed by atoms with van der Waals surface area (Å²) in [5.41, 5.74) is -0.127. The van der Waals surface area contributed by atoms with Gasteiger partial charge in [-0.15, -0.1) is 0 Å². The second kappa shape index (κ2) is 5.41. The van der Waals surface area contributed by atoms with Gasteiger partial charge in [0.05, 0.1) is 6.10 Å². The molecule has 0 radical (unpaired) electrons. The fraction of sp³-hybridized carbons (Fsp3) is 0.333. The average molecular weight is 286 g/mol.